The Morgan fingerprint density at radius 3 is 2.72 bits per heavy atom. The van der Waals surface area contributed by atoms with Crippen molar-refractivity contribution < 1.29 is 4.21 Å². The number of rotatable bonds is 4. The lowest BCUT2D eigenvalue weighted by atomic mass is 9.83. The molecule has 1 saturated heterocycles. The smallest absolute Gasteiger partial charge is 0.0444 e. The van der Waals surface area contributed by atoms with E-state index in [2.05, 4.69) is 17.1 Å². The minimum Gasteiger partial charge on any atom is -0.311 e. The maximum Gasteiger partial charge on any atom is 0.0444 e. The van der Waals surface area contributed by atoms with Crippen molar-refractivity contribution >= 4 is 10.8 Å². The highest BCUT2D eigenvalue weighted by molar-refractivity contribution is 7.84. The fourth-order valence-corrected chi connectivity index (χ4v) is 3.75. The largest absolute Gasteiger partial charge is 0.311 e. The van der Waals surface area contributed by atoms with Gasteiger partial charge in [-0.15, -0.1) is 0 Å². The highest BCUT2D eigenvalue weighted by Crippen LogP contribution is 2.27. The maximum absolute atomic E-state index is 11.5. The molecule has 1 aliphatic heterocycles. The van der Waals surface area contributed by atoms with Gasteiger partial charge in [0.15, 0.2) is 0 Å². The Morgan fingerprint density at radius 2 is 2.06 bits per heavy atom. The molecule has 0 bridgehead atoms. The van der Waals surface area contributed by atoms with Gasteiger partial charge in [0.05, 0.1) is 0 Å². The van der Waals surface area contributed by atoms with E-state index in [9.17, 15) is 4.21 Å². The summed E-state index contributed by atoms with van der Waals surface area (Å²) in [5, 5.41) is 4.00. The summed E-state index contributed by atoms with van der Waals surface area (Å²) in [7, 11) is -0.690. The zero-order chi connectivity index (χ0) is 13.0. The number of nitrogens with zero attached hydrogens (tertiary/aromatic N) is 1. The molecular weight excluding hydrogens is 244 g/mol. The zero-order valence-corrected chi connectivity index (χ0v) is 12.7. The maximum atomic E-state index is 11.5. The van der Waals surface area contributed by atoms with Gasteiger partial charge in [-0.05, 0) is 25.7 Å². The van der Waals surface area contributed by atoms with E-state index >= 15 is 0 Å². The Balaban J connectivity index is 1.82. The fraction of sp³-hybridized carbons (Fsp3) is 1.00. The second-order valence-corrected chi connectivity index (χ2v) is 7.83. The average Bonchev–Trinajstić information content (AvgIpc) is 2.40. The molecule has 18 heavy (non-hydrogen) atoms. The first kappa shape index (κ1) is 14.5. The highest BCUT2D eigenvalue weighted by Gasteiger charge is 2.28. The third-order valence-electron chi connectivity index (χ3n) is 4.59. The first-order valence-electron chi connectivity index (χ1n) is 7.45. The molecule has 4 heteroatoms. The molecule has 2 fully saturated rings. The van der Waals surface area contributed by atoms with Crippen LogP contribution >= 0.6 is 0 Å². The number of piperazine rings is 1. The van der Waals surface area contributed by atoms with E-state index in [0.717, 1.165) is 32.1 Å². The van der Waals surface area contributed by atoms with E-state index in [1.54, 1.807) is 0 Å². The minimum absolute atomic E-state index is 0.301. The van der Waals surface area contributed by atoms with Gasteiger partial charge < -0.3 is 5.32 Å². The Kier molecular flexibility index (Phi) is 5.64. The van der Waals surface area contributed by atoms with Crippen LogP contribution in [0.5, 0.6) is 0 Å². The van der Waals surface area contributed by atoms with Crippen LogP contribution in [0, 0.1) is 5.92 Å². The van der Waals surface area contributed by atoms with E-state index in [1.165, 1.54) is 32.1 Å². The standard InChI is InChI=1S/C14H28N2OS/c1-12(18(2)17)10-16-9-8-15-14(11-16)13-6-4-3-5-7-13/h12-15H,3-11H2,1-2H3. The van der Waals surface area contributed by atoms with Crippen molar-refractivity contribution in [1.29, 1.82) is 0 Å². The molecule has 2 aliphatic rings. The topological polar surface area (TPSA) is 32.3 Å². The van der Waals surface area contributed by atoms with Crippen molar-refractivity contribution in [1.82, 2.24) is 10.2 Å². The third kappa shape index (κ3) is 4.04. The van der Waals surface area contributed by atoms with Crippen molar-refractivity contribution in [2.75, 3.05) is 32.4 Å². The molecule has 3 atom stereocenters. The Bertz CT molecular complexity index is 279. The van der Waals surface area contributed by atoms with Crippen LogP contribution in [0.2, 0.25) is 0 Å². The van der Waals surface area contributed by atoms with Crippen molar-refractivity contribution in [2.45, 2.75) is 50.3 Å². The molecule has 106 valence electrons. The molecular formula is C14H28N2OS. The number of nitrogens with one attached hydrogen (secondary N) is 1. The summed E-state index contributed by atoms with van der Waals surface area (Å²) in [6, 6.07) is 0.677. The quantitative estimate of drug-likeness (QED) is 0.844. The minimum atomic E-state index is -0.690. The van der Waals surface area contributed by atoms with E-state index in [0.29, 0.717) is 11.3 Å². The van der Waals surface area contributed by atoms with E-state index in [1.807, 2.05) is 6.26 Å². The lowest BCUT2D eigenvalue weighted by Gasteiger charge is -2.40. The fourth-order valence-electron chi connectivity index (χ4n) is 3.33. The van der Waals surface area contributed by atoms with E-state index in [-0.39, 0.29) is 0 Å². The van der Waals surface area contributed by atoms with Crippen LogP contribution in [-0.2, 0) is 10.8 Å². The molecule has 3 unspecified atom stereocenters. The van der Waals surface area contributed by atoms with Crippen LogP contribution < -0.4 is 5.32 Å². The summed E-state index contributed by atoms with van der Waals surface area (Å²) in [6.07, 6.45) is 8.89. The van der Waals surface area contributed by atoms with Gasteiger partial charge in [0.25, 0.3) is 0 Å². The molecule has 1 saturated carbocycles. The molecule has 0 aromatic rings. The van der Waals surface area contributed by atoms with E-state index < -0.39 is 10.8 Å². The van der Waals surface area contributed by atoms with Gasteiger partial charge in [0.2, 0.25) is 0 Å². The normalized spacial score (nSPS) is 31.1. The molecule has 0 spiro atoms. The molecule has 0 radical (unpaired) electrons. The second-order valence-electron chi connectivity index (χ2n) is 6.03. The second kappa shape index (κ2) is 7.01. The van der Waals surface area contributed by atoms with Crippen LogP contribution in [0.1, 0.15) is 39.0 Å². The van der Waals surface area contributed by atoms with E-state index in [4.69, 9.17) is 0 Å². The first-order chi connectivity index (χ1) is 8.66. The SMILES string of the molecule is CC(CN1CCNC(C2CCCCC2)C1)S(C)=O. The zero-order valence-electron chi connectivity index (χ0n) is 11.9. The van der Waals surface area contributed by atoms with Crippen molar-refractivity contribution in [3.63, 3.8) is 0 Å². The van der Waals surface area contributed by atoms with Gasteiger partial charge in [-0.3, -0.25) is 9.11 Å². The summed E-state index contributed by atoms with van der Waals surface area (Å²) in [5.41, 5.74) is 0. The molecule has 0 amide bonds. The van der Waals surface area contributed by atoms with Gasteiger partial charge in [-0.25, -0.2) is 0 Å². The van der Waals surface area contributed by atoms with Crippen LogP contribution in [0.25, 0.3) is 0 Å². The van der Waals surface area contributed by atoms with Crippen LogP contribution in [-0.4, -0.2) is 52.8 Å². The van der Waals surface area contributed by atoms with Gasteiger partial charge >= 0.3 is 0 Å². The summed E-state index contributed by atoms with van der Waals surface area (Å²) in [5.74, 6) is 0.879. The number of hydrogen-bond acceptors (Lipinski definition) is 3. The average molecular weight is 272 g/mol. The van der Waals surface area contributed by atoms with Gasteiger partial charge in [0.1, 0.15) is 0 Å². The third-order valence-corrected chi connectivity index (χ3v) is 5.87. The molecule has 1 heterocycles. The molecule has 0 aromatic carbocycles. The predicted octanol–water partition coefficient (Wildman–Crippen LogP) is 1.61. The van der Waals surface area contributed by atoms with Crippen LogP contribution in [0.3, 0.4) is 0 Å². The van der Waals surface area contributed by atoms with Gasteiger partial charge in [-0.1, -0.05) is 19.3 Å². The van der Waals surface area contributed by atoms with Crippen molar-refractivity contribution in [3.05, 3.63) is 0 Å². The Labute approximate surface area is 114 Å². The molecule has 1 N–H and O–H groups in total. The highest BCUT2D eigenvalue weighted by atomic mass is 32.2. The van der Waals surface area contributed by atoms with Crippen LogP contribution in [0.4, 0.5) is 0 Å². The summed E-state index contributed by atoms with van der Waals surface area (Å²) in [4.78, 5) is 2.52. The Morgan fingerprint density at radius 1 is 1.33 bits per heavy atom. The first-order valence-corrected chi connectivity index (χ1v) is 9.07. The monoisotopic (exact) mass is 272 g/mol. The lowest BCUT2D eigenvalue weighted by molar-refractivity contribution is 0.147. The molecule has 1 aliphatic carbocycles. The lowest BCUT2D eigenvalue weighted by Crippen LogP contribution is -2.55. The molecule has 3 nitrogen and oxygen atoms in total. The summed E-state index contributed by atoms with van der Waals surface area (Å²) >= 11 is 0. The van der Waals surface area contributed by atoms with Gasteiger partial charge in [0, 0.05) is 54.5 Å². The summed E-state index contributed by atoms with van der Waals surface area (Å²) in [6.45, 7) is 6.48. The number of hydrogen-bond donors (Lipinski definition) is 1. The van der Waals surface area contributed by atoms with Crippen molar-refractivity contribution in [3.8, 4) is 0 Å². The molecule has 0 aromatic heterocycles. The predicted molar refractivity (Wildman–Crippen MR) is 78.3 cm³/mol. The molecule has 2 rings (SSSR count). The van der Waals surface area contributed by atoms with Gasteiger partial charge in [-0.2, -0.15) is 0 Å². The Hall–Kier alpha value is 0.0700. The van der Waals surface area contributed by atoms with Crippen molar-refractivity contribution in [2.24, 2.45) is 5.92 Å². The van der Waals surface area contributed by atoms with Crippen LogP contribution in [0.15, 0.2) is 0 Å². The summed E-state index contributed by atoms with van der Waals surface area (Å²) < 4.78 is 11.5.